The van der Waals surface area contributed by atoms with Gasteiger partial charge in [-0.25, -0.2) is 8.42 Å². The van der Waals surface area contributed by atoms with E-state index in [1.165, 1.54) is 16.4 Å². The van der Waals surface area contributed by atoms with Crippen LogP contribution >= 0.6 is 11.6 Å². The Balaban J connectivity index is 1.48. The predicted molar refractivity (Wildman–Crippen MR) is 133 cm³/mol. The number of sulfonamides is 1. The first-order chi connectivity index (χ1) is 16.8. The lowest BCUT2D eigenvalue weighted by molar-refractivity contribution is 0.0728. The van der Waals surface area contributed by atoms with Crippen molar-refractivity contribution in [2.45, 2.75) is 44.6 Å². The third-order valence-corrected chi connectivity index (χ3v) is 8.40. The Hall–Kier alpha value is -2.75. The third kappa shape index (κ3) is 5.74. The molecule has 4 rings (SSSR count). The zero-order chi connectivity index (χ0) is 25.0. The number of aromatic nitrogens is 2. The standard InChI is InChI=1S/C25H29ClN4O4S/c1-3-14-29(17-23-27-28-24(34-23)21-6-4-5-7-22(21)26)25(31)19-8-10-20(11-9-19)35(32,33)30-15-12-18(2)13-16-30/h4-11,18H,3,12-17H2,1-2H3. The van der Waals surface area contributed by atoms with E-state index in [2.05, 4.69) is 17.1 Å². The maximum Gasteiger partial charge on any atom is 0.254 e. The molecule has 1 saturated heterocycles. The summed E-state index contributed by atoms with van der Waals surface area (Å²) in [6.45, 7) is 5.77. The Morgan fingerprint density at radius 2 is 1.80 bits per heavy atom. The fraction of sp³-hybridized carbons (Fsp3) is 0.400. The molecule has 1 amide bonds. The van der Waals surface area contributed by atoms with Gasteiger partial charge < -0.3 is 9.32 Å². The molecule has 0 atom stereocenters. The Bertz CT molecular complexity index is 1270. The van der Waals surface area contributed by atoms with Crippen molar-refractivity contribution in [2.75, 3.05) is 19.6 Å². The molecule has 1 aliphatic rings. The molecule has 0 saturated carbocycles. The molecule has 0 spiro atoms. The highest BCUT2D eigenvalue weighted by Crippen LogP contribution is 2.27. The monoisotopic (exact) mass is 516 g/mol. The highest BCUT2D eigenvalue weighted by molar-refractivity contribution is 7.89. The maximum absolute atomic E-state index is 13.2. The predicted octanol–water partition coefficient (Wildman–Crippen LogP) is 4.86. The molecule has 1 aromatic heterocycles. The molecule has 1 aliphatic heterocycles. The van der Waals surface area contributed by atoms with E-state index in [4.69, 9.17) is 16.0 Å². The smallest absolute Gasteiger partial charge is 0.254 e. The van der Waals surface area contributed by atoms with Gasteiger partial charge in [0.05, 0.1) is 22.0 Å². The van der Waals surface area contributed by atoms with Crippen LogP contribution < -0.4 is 0 Å². The maximum atomic E-state index is 13.2. The van der Waals surface area contributed by atoms with Crippen LogP contribution in [-0.2, 0) is 16.6 Å². The lowest BCUT2D eigenvalue weighted by atomic mass is 10.0. The summed E-state index contributed by atoms with van der Waals surface area (Å²) in [5.74, 6) is 0.877. The van der Waals surface area contributed by atoms with Gasteiger partial charge in [-0.05, 0) is 61.6 Å². The summed E-state index contributed by atoms with van der Waals surface area (Å²) >= 11 is 6.22. The van der Waals surface area contributed by atoms with Crippen LogP contribution in [0.25, 0.3) is 11.5 Å². The SMILES string of the molecule is CCCN(Cc1nnc(-c2ccccc2Cl)o1)C(=O)c1ccc(S(=O)(=O)N2CCC(C)CC2)cc1. The number of hydrogen-bond donors (Lipinski definition) is 0. The van der Waals surface area contributed by atoms with Crippen molar-refractivity contribution in [1.82, 2.24) is 19.4 Å². The van der Waals surface area contributed by atoms with E-state index in [1.807, 2.05) is 19.1 Å². The summed E-state index contributed by atoms with van der Waals surface area (Å²) in [6, 6.07) is 13.3. The van der Waals surface area contributed by atoms with E-state index in [1.54, 1.807) is 29.2 Å². The number of piperidine rings is 1. The largest absolute Gasteiger partial charge is 0.419 e. The Morgan fingerprint density at radius 1 is 1.11 bits per heavy atom. The van der Waals surface area contributed by atoms with Crippen molar-refractivity contribution < 1.29 is 17.6 Å². The number of amides is 1. The number of rotatable bonds is 8. The molecular weight excluding hydrogens is 488 g/mol. The minimum absolute atomic E-state index is 0.135. The molecule has 2 aromatic carbocycles. The summed E-state index contributed by atoms with van der Waals surface area (Å²) in [7, 11) is -3.57. The minimum atomic E-state index is -3.57. The number of carbonyl (C=O) groups excluding carboxylic acids is 1. The molecule has 1 fully saturated rings. The quantitative estimate of drug-likeness (QED) is 0.424. The topological polar surface area (TPSA) is 96.6 Å². The summed E-state index contributed by atoms with van der Waals surface area (Å²) in [6.07, 6.45) is 2.45. The van der Waals surface area contributed by atoms with Crippen molar-refractivity contribution in [3.63, 3.8) is 0 Å². The molecule has 35 heavy (non-hydrogen) atoms. The van der Waals surface area contributed by atoms with Gasteiger partial charge in [0.25, 0.3) is 5.91 Å². The molecule has 186 valence electrons. The van der Waals surface area contributed by atoms with Crippen LogP contribution in [0.2, 0.25) is 5.02 Å². The van der Waals surface area contributed by atoms with Crippen LogP contribution in [0.15, 0.2) is 57.8 Å². The van der Waals surface area contributed by atoms with Crippen molar-refractivity contribution in [2.24, 2.45) is 5.92 Å². The fourth-order valence-electron chi connectivity index (χ4n) is 4.07. The lowest BCUT2D eigenvalue weighted by Gasteiger charge is -2.29. The Labute approximate surface area is 211 Å². The normalized spacial score (nSPS) is 15.3. The average Bonchev–Trinajstić information content (AvgIpc) is 3.32. The summed E-state index contributed by atoms with van der Waals surface area (Å²) < 4.78 is 33.3. The van der Waals surface area contributed by atoms with E-state index < -0.39 is 10.0 Å². The van der Waals surface area contributed by atoms with E-state index in [0.29, 0.717) is 47.6 Å². The first-order valence-corrected chi connectivity index (χ1v) is 13.6. The van der Waals surface area contributed by atoms with Crippen LogP contribution in [-0.4, -0.2) is 53.4 Å². The lowest BCUT2D eigenvalue weighted by Crippen LogP contribution is -2.37. The fourth-order valence-corrected chi connectivity index (χ4v) is 5.76. The van der Waals surface area contributed by atoms with E-state index >= 15 is 0 Å². The van der Waals surface area contributed by atoms with Gasteiger partial charge in [-0.3, -0.25) is 4.79 Å². The molecule has 10 heteroatoms. The summed E-state index contributed by atoms with van der Waals surface area (Å²) in [5.41, 5.74) is 1.02. The van der Waals surface area contributed by atoms with Crippen molar-refractivity contribution in [3.8, 4) is 11.5 Å². The zero-order valence-corrected chi connectivity index (χ0v) is 21.4. The van der Waals surface area contributed by atoms with E-state index in [-0.39, 0.29) is 23.2 Å². The van der Waals surface area contributed by atoms with Crippen molar-refractivity contribution in [3.05, 3.63) is 65.0 Å². The molecule has 0 radical (unpaired) electrons. The molecule has 0 N–H and O–H groups in total. The van der Waals surface area contributed by atoms with Crippen LogP contribution in [0.4, 0.5) is 0 Å². The van der Waals surface area contributed by atoms with Gasteiger partial charge in [-0.1, -0.05) is 37.6 Å². The summed E-state index contributed by atoms with van der Waals surface area (Å²) in [5, 5.41) is 8.65. The van der Waals surface area contributed by atoms with Crippen LogP contribution in [0, 0.1) is 5.92 Å². The second kappa shape index (κ2) is 10.9. The van der Waals surface area contributed by atoms with E-state index in [0.717, 1.165) is 19.3 Å². The number of benzene rings is 2. The van der Waals surface area contributed by atoms with Gasteiger partial charge in [-0.15, -0.1) is 10.2 Å². The van der Waals surface area contributed by atoms with Crippen LogP contribution in [0.3, 0.4) is 0 Å². The number of nitrogens with zero attached hydrogens (tertiary/aromatic N) is 4. The molecule has 3 aromatic rings. The van der Waals surface area contributed by atoms with E-state index in [9.17, 15) is 13.2 Å². The van der Waals surface area contributed by atoms with Gasteiger partial charge in [0.1, 0.15) is 0 Å². The third-order valence-electron chi connectivity index (χ3n) is 6.16. The summed E-state index contributed by atoms with van der Waals surface area (Å²) in [4.78, 5) is 15.0. The molecular formula is C25H29ClN4O4S. The highest BCUT2D eigenvalue weighted by Gasteiger charge is 2.28. The van der Waals surface area contributed by atoms with Gasteiger partial charge in [0.15, 0.2) is 0 Å². The van der Waals surface area contributed by atoms with Gasteiger partial charge in [0, 0.05) is 25.2 Å². The Morgan fingerprint density at radius 3 is 2.46 bits per heavy atom. The molecule has 0 unspecified atom stereocenters. The molecule has 0 bridgehead atoms. The van der Waals surface area contributed by atoms with Gasteiger partial charge in [-0.2, -0.15) is 4.31 Å². The number of carbonyl (C=O) groups is 1. The Kier molecular flexibility index (Phi) is 7.88. The molecule has 8 nitrogen and oxygen atoms in total. The number of hydrogen-bond acceptors (Lipinski definition) is 6. The second-order valence-electron chi connectivity index (χ2n) is 8.82. The first-order valence-electron chi connectivity index (χ1n) is 11.8. The average molecular weight is 517 g/mol. The minimum Gasteiger partial charge on any atom is -0.419 e. The van der Waals surface area contributed by atoms with Gasteiger partial charge >= 0.3 is 0 Å². The van der Waals surface area contributed by atoms with Crippen LogP contribution in [0.5, 0.6) is 0 Å². The molecule has 2 heterocycles. The molecule has 0 aliphatic carbocycles. The highest BCUT2D eigenvalue weighted by atomic mass is 35.5. The van der Waals surface area contributed by atoms with Crippen LogP contribution in [0.1, 0.15) is 49.4 Å². The first kappa shape index (κ1) is 25.3. The zero-order valence-electron chi connectivity index (χ0n) is 19.9. The number of halogens is 1. The van der Waals surface area contributed by atoms with Crippen molar-refractivity contribution in [1.29, 1.82) is 0 Å². The van der Waals surface area contributed by atoms with Gasteiger partial charge in [0.2, 0.25) is 21.8 Å². The second-order valence-corrected chi connectivity index (χ2v) is 11.2. The van der Waals surface area contributed by atoms with Crippen molar-refractivity contribution >= 4 is 27.5 Å².